The first-order valence-corrected chi connectivity index (χ1v) is 9.00. The van der Waals surface area contributed by atoms with Gasteiger partial charge in [0.2, 0.25) is 0 Å². The molecule has 2 rings (SSSR count). The van der Waals surface area contributed by atoms with Gasteiger partial charge in [0.05, 0.1) is 11.1 Å². The third-order valence-corrected chi connectivity index (χ3v) is 5.20. The second-order valence-electron chi connectivity index (χ2n) is 8.38. The molecular weight excluding hydrogens is 388 g/mol. The Morgan fingerprint density at radius 2 is 1.90 bits per heavy atom. The fraction of sp³-hybridized carbons (Fsp3) is 0.476. The summed E-state index contributed by atoms with van der Waals surface area (Å²) in [5.74, 6) is -2.34. The summed E-state index contributed by atoms with van der Waals surface area (Å²) in [5.41, 5.74) is -2.75. The predicted molar refractivity (Wildman–Crippen MR) is 98.2 cm³/mol. The van der Waals surface area contributed by atoms with Crippen molar-refractivity contribution in [3.8, 4) is 6.07 Å². The number of nitriles is 1. The Morgan fingerprint density at radius 3 is 2.41 bits per heavy atom. The zero-order chi connectivity index (χ0) is 22.2. The Bertz CT molecular complexity index is 912. The number of halogens is 4. The lowest BCUT2D eigenvalue weighted by atomic mass is 9.64. The molecule has 156 valence electrons. The SMILES string of the molecule is CN(CC[C@]1(C)C=C(C#N)C(=O)C(C)(C)C1)C(=O)c1ccc(C(F)(F)F)c(F)c1. The van der Waals surface area contributed by atoms with Crippen molar-refractivity contribution in [1.29, 1.82) is 5.26 Å². The minimum atomic E-state index is -4.83. The average Bonchev–Trinajstić information content (AvgIpc) is 2.60. The quantitative estimate of drug-likeness (QED) is 0.673. The zero-order valence-corrected chi connectivity index (χ0v) is 16.7. The summed E-state index contributed by atoms with van der Waals surface area (Å²) in [6.07, 6.45) is -2.29. The van der Waals surface area contributed by atoms with Crippen LogP contribution in [0.3, 0.4) is 0 Å². The van der Waals surface area contributed by atoms with Crippen molar-refractivity contribution in [3.05, 3.63) is 46.8 Å². The smallest absolute Gasteiger partial charge is 0.342 e. The number of amides is 1. The molecule has 4 nitrogen and oxygen atoms in total. The molecule has 0 radical (unpaired) electrons. The summed E-state index contributed by atoms with van der Waals surface area (Å²) in [6.45, 7) is 5.63. The summed E-state index contributed by atoms with van der Waals surface area (Å²) in [5, 5.41) is 9.23. The first-order chi connectivity index (χ1) is 13.2. The van der Waals surface area contributed by atoms with Crippen molar-refractivity contribution < 1.29 is 27.2 Å². The molecule has 0 saturated carbocycles. The number of carbonyl (C=O) groups excluding carboxylic acids is 2. The van der Waals surface area contributed by atoms with E-state index in [0.717, 1.165) is 6.07 Å². The van der Waals surface area contributed by atoms with E-state index in [4.69, 9.17) is 0 Å². The van der Waals surface area contributed by atoms with E-state index in [1.165, 1.54) is 11.9 Å². The van der Waals surface area contributed by atoms with Crippen LogP contribution in [0.15, 0.2) is 29.8 Å². The van der Waals surface area contributed by atoms with Gasteiger partial charge in [-0.25, -0.2) is 4.39 Å². The van der Waals surface area contributed by atoms with Crippen molar-refractivity contribution in [2.45, 2.75) is 39.8 Å². The van der Waals surface area contributed by atoms with Crippen molar-refractivity contribution in [2.24, 2.45) is 10.8 Å². The van der Waals surface area contributed by atoms with E-state index in [1.807, 2.05) is 13.0 Å². The van der Waals surface area contributed by atoms with Crippen molar-refractivity contribution in [1.82, 2.24) is 4.90 Å². The number of hydrogen-bond donors (Lipinski definition) is 0. The summed E-state index contributed by atoms with van der Waals surface area (Å²) in [7, 11) is 1.47. The number of nitrogens with zero attached hydrogens (tertiary/aromatic N) is 2. The van der Waals surface area contributed by atoms with E-state index in [2.05, 4.69) is 0 Å². The van der Waals surface area contributed by atoms with Crippen molar-refractivity contribution in [3.63, 3.8) is 0 Å². The van der Waals surface area contributed by atoms with E-state index in [9.17, 15) is 32.4 Å². The highest BCUT2D eigenvalue weighted by Crippen LogP contribution is 2.44. The second kappa shape index (κ2) is 7.62. The van der Waals surface area contributed by atoms with Crippen LogP contribution in [0.25, 0.3) is 0 Å². The van der Waals surface area contributed by atoms with Gasteiger partial charge in [-0.1, -0.05) is 26.8 Å². The second-order valence-corrected chi connectivity index (χ2v) is 8.38. The third-order valence-electron chi connectivity index (χ3n) is 5.20. The van der Waals surface area contributed by atoms with Gasteiger partial charge in [-0.05, 0) is 36.5 Å². The standard InChI is InChI=1S/C21H22F4N2O2/c1-19(2)12-20(3,10-14(11-26)17(19)28)7-8-27(4)18(29)13-5-6-15(16(22)9-13)21(23,24)25/h5-6,9-10H,7-8,12H2,1-4H3/t20-/m1/s1. The monoisotopic (exact) mass is 410 g/mol. The fourth-order valence-corrected chi connectivity index (χ4v) is 3.79. The van der Waals surface area contributed by atoms with E-state index < -0.39 is 34.3 Å². The maximum Gasteiger partial charge on any atom is 0.419 e. The van der Waals surface area contributed by atoms with Crippen molar-refractivity contribution in [2.75, 3.05) is 13.6 Å². The molecule has 0 aliphatic heterocycles. The lowest BCUT2D eigenvalue weighted by Gasteiger charge is -2.39. The van der Waals surface area contributed by atoms with E-state index in [0.29, 0.717) is 25.0 Å². The maximum atomic E-state index is 13.8. The van der Waals surface area contributed by atoms with Crippen LogP contribution in [0, 0.1) is 28.0 Å². The van der Waals surface area contributed by atoms with Gasteiger partial charge in [-0.3, -0.25) is 9.59 Å². The van der Waals surface area contributed by atoms with Gasteiger partial charge >= 0.3 is 6.18 Å². The summed E-state index contributed by atoms with van der Waals surface area (Å²) in [6, 6.07) is 4.00. The van der Waals surface area contributed by atoms with Gasteiger partial charge in [0, 0.05) is 24.6 Å². The van der Waals surface area contributed by atoms with Gasteiger partial charge in [-0.15, -0.1) is 0 Å². The van der Waals surface area contributed by atoms with Gasteiger partial charge < -0.3 is 4.90 Å². The van der Waals surface area contributed by atoms with E-state index in [1.54, 1.807) is 19.9 Å². The molecule has 1 aromatic carbocycles. The minimum absolute atomic E-state index is 0.0857. The molecule has 0 unspecified atom stereocenters. The summed E-state index contributed by atoms with van der Waals surface area (Å²) >= 11 is 0. The summed E-state index contributed by atoms with van der Waals surface area (Å²) in [4.78, 5) is 26.0. The number of ketones is 1. The number of benzene rings is 1. The Balaban J connectivity index is 2.15. The number of alkyl halides is 3. The van der Waals surface area contributed by atoms with Gasteiger partial charge in [0.15, 0.2) is 5.78 Å². The van der Waals surface area contributed by atoms with Crippen LogP contribution in [0.5, 0.6) is 0 Å². The number of allylic oxidation sites excluding steroid dienone is 2. The molecule has 1 atom stereocenters. The van der Waals surface area contributed by atoms with Crippen LogP contribution in [-0.4, -0.2) is 30.2 Å². The molecule has 0 bridgehead atoms. The maximum absolute atomic E-state index is 13.8. The van der Waals surface area contributed by atoms with Gasteiger partial charge in [0.25, 0.3) is 5.91 Å². The Labute approximate surface area is 166 Å². The van der Waals surface area contributed by atoms with Crippen LogP contribution in [0.1, 0.15) is 49.5 Å². The van der Waals surface area contributed by atoms with Crippen LogP contribution in [-0.2, 0) is 11.0 Å². The molecule has 1 aliphatic carbocycles. The molecule has 0 saturated heterocycles. The normalized spacial score (nSPS) is 21.3. The van der Waals surface area contributed by atoms with Crippen LogP contribution in [0.2, 0.25) is 0 Å². The lowest BCUT2D eigenvalue weighted by molar-refractivity contribution is -0.140. The molecule has 0 aromatic heterocycles. The third kappa shape index (κ3) is 4.84. The number of Topliss-reactive ketones (excluding diaryl/α,β-unsaturated/α-hetero) is 1. The molecule has 29 heavy (non-hydrogen) atoms. The highest BCUT2D eigenvalue weighted by Gasteiger charge is 2.42. The Hall–Kier alpha value is -2.69. The molecule has 1 aromatic rings. The van der Waals surface area contributed by atoms with Crippen LogP contribution >= 0.6 is 0 Å². The molecular formula is C21H22F4N2O2. The number of rotatable bonds is 4. The molecule has 0 heterocycles. The number of carbonyl (C=O) groups is 2. The van der Waals surface area contributed by atoms with Gasteiger partial charge in [0.1, 0.15) is 11.9 Å². The highest BCUT2D eigenvalue weighted by atomic mass is 19.4. The lowest BCUT2D eigenvalue weighted by Crippen LogP contribution is -2.39. The Morgan fingerprint density at radius 1 is 1.28 bits per heavy atom. The fourth-order valence-electron chi connectivity index (χ4n) is 3.79. The minimum Gasteiger partial charge on any atom is -0.342 e. The van der Waals surface area contributed by atoms with E-state index in [-0.39, 0.29) is 23.5 Å². The average molecular weight is 410 g/mol. The highest BCUT2D eigenvalue weighted by molar-refractivity contribution is 6.03. The first-order valence-electron chi connectivity index (χ1n) is 9.00. The first kappa shape index (κ1) is 22.6. The topological polar surface area (TPSA) is 61.2 Å². The molecule has 8 heteroatoms. The van der Waals surface area contributed by atoms with Crippen LogP contribution < -0.4 is 0 Å². The van der Waals surface area contributed by atoms with Gasteiger partial charge in [-0.2, -0.15) is 18.4 Å². The molecule has 0 N–H and O–H groups in total. The largest absolute Gasteiger partial charge is 0.419 e. The molecule has 1 amide bonds. The zero-order valence-electron chi connectivity index (χ0n) is 16.7. The molecule has 0 spiro atoms. The number of hydrogen-bond acceptors (Lipinski definition) is 3. The molecule has 1 aliphatic rings. The Kier molecular flexibility index (Phi) is 5.94. The predicted octanol–water partition coefficient (Wildman–Crippen LogP) is 4.76. The van der Waals surface area contributed by atoms with E-state index >= 15 is 0 Å². The van der Waals surface area contributed by atoms with Crippen LogP contribution in [0.4, 0.5) is 17.6 Å². The summed E-state index contributed by atoms with van der Waals surface area (Å²) < 4.78 is 51.8. The molecule has 0 fully saturated rings. The van der Waals surface area contributed by atoms with Crippen molar-refractivity contribution >= 4 is 11.7 Å².